The summed E-state index contributed by atoms with van der Waals surface area (Å²) in [5, 5.41) is 1.57. The van der Waals surface area contributed by atoms with Gasteiger partial charge in [-0.2, -0.15) is 0 Å². The number of ketones is 1. The number of carbonyl (C=O) groups excluding carboxylic acids is 3. The van der Waals surface area contributed by atoms with Crippen LogP contribution >= 0.6 is 11.6 Å². The highest BCUT2D eigenvalue weighted by molar-refractivity contribution is 6.37. The molecule has 0 spiro atoms. The Bertz CT molecular complexity index is 1160. The molecule has 0 aliphatic carbocycles. The molecule has 186 valence electrons. The van der Waals surface area contributed by atoms with Crippen LogP contribution in [0.5, 0.6) is 0 Å². The highest BCUT2D eigenvalue weighted by Gasteiger charge is 2.39. The monoisotopic (exact) mass is 502 g/mol. The number of nitrogens with two attached hydrogens (primary N) is 1. The highest BCUT2D eigenvalue weighted by Crippen LogP contribution is 2.39. The van der Waals surface area contributed by atoms with Crippen LogP contribution in [-0.2, 0) is 20.9 Å². The lowest BCUT2D eigenvalue weighted by molar-refractivity contribution is -0.152. The Morgan fingerprint density at radius 1 is 1.09 bits per heavy atom. The van der Waals surface area contributed by atoms with Gasteiger partial charge in [0.1, 0.15) is 5.82 Å². The van der Waals surface area contributed by atoms with Gasteiger partial charge in [-0.15, -0.1) is 0 Å². The largest absolute Gasteiger partial charge is 0.463 e. The first-order chi connectivity index (χ1) is 16.6. The van der Waals surface area contributed by atoms with Gasteiger partial charge in [0.15, 0.2) is 0 Å². The molecule has 2 N–H and O–H groups in total. The van der Waals surface area contributed by atoms with Crippen LogP contribution in [0.15, 0.2) is 36.4 Å². The van der Waals surface area contributed by atoms with E-state index in [1.807, 2.05) is 13.8 Å². The van der Waals surface area contributed by atoms with Crippen molar-refractivity contribution in [3.8, 4) is 0 Å². The summed E-state index contributed by atoms with van der Waals surface area (Å²) in [6.07, 6.45) is 0. The molecule has 0 bridgehead atoms. The lowest BCUT2D eigenvalue weighted by Gasteiger charge is -2.44. The van der Waals surface area contributed by atoms with Gasteiger partial charge in [-0.3, -0.25) is 14.5 Å². The van der Waals surface area contributed by atoms with E-state index in [4.69, 9.17) is 17.4 Å². The molecule has 10 heteroatoms. The van der Waals surface area contributed by atoms with Crippen molar-refractivity contribution in [3.05, 3.63) is 63.9 Å². The lowest BCUT2D eigenvalue weighted by Crippen LogP contribution is -2.57. The zero-order chi connectivity index (χ0) is 25.4. The lowest BCUT2D eigenvalue weighted by atomic mass is 9.94. The van der Waals surface area contributed by atoms with Crippen LogP contribution in [0.3, 0.4) is 0 Å². The SMILES string of the molecule is COC(=O)C(=O)C1CN(N)c2cc(Cl)c(C(=O)N3C[C@H](C)N(Cc4ccc(F)cc4)C[C@H]3C)cc21. The number of methoxy groups -OCH3 is 1. The fourth-order valence-electron chi connectivity index (χ4n) is 4.81. The molecule has 2 aliphatic heterocycles. The van der Waals surface area contributed by atoms with E-state index in [1.54, 1.807) is 29.2 Å². The third-order valence-electron chi connectivity index (χ3n) is 6.79. The summed E-state index contributed by atoms with van der Waals surface area (Å²) >= 11 is 6.49. The minimum absolute atomic E-state index is 0.0570. The number of carbonyl (C=O) groups is 3. The first kappa shape index (κ1) is 25.1. The van der Waals surface area contributed by atoms with Gasteiger partial charge in [0, 0.05) is 38.3 Å². The van der Waals surface area contributed by atoms with Crippen molar-refractivity contribution >= 4 is 34.9 Å². The van der Waals surface area contributed by atoms with Crippen molar-refractivity contribution < 1.29 is 23.5 Å². The number of fused-ring (bicyclic) bond motifs is 1. The Morgan fingerprint density at radius 2 is 1.77 bits per heavy atom. The van der Waals surface area contributed by atoms with E-state index in [9.17, 15) is 18.8 Å². The van der Waals surface area contributed by atoms with Gasteiger partial charge >= 0.3 is 5.97 Å². The molecule has 1 amide bonds. The number of hydrazine groups is 1. The van der Waals surface area contributed by atoms with Gasteiger partial charge in [0.05, 0.1) is 29.3 Å². The number of ether oxygens (including phenoxy) is 1. The molecule has 4 rings (SSSR count). The molecule has 2 aliphatic rings. The number of nitrogens with zero attached hydrogens (tertiary/aromatic N) is 3. The Morgan fingerprint density at radius 3 is 2.43 bits per heavy atom. The molecule has 1 unspecified atom stereocenters. The fourth-order valence-corrected chi connectivity index (χ4v) is 5.05. The van der Waals surface area contributed by atoms with Crippen LogP contribution in [0.1, 0.15) is 41.3 Å². The normalized spacial score (nSPS) is 22.2. The number of benzene rings is 2. The number of hydrogen-bond acceptors (Lipinski definition) is 7. The number of halogens is 2. The molecule has 0 radical (unpaired) electrons. The maximum absolute atomic E-state index is 13.6. The second kappa shape index (κ2) is 9.93. The van der Waals surface area contributed by atoms with E-state index in [0.29, 0.717) is 30.9 Å². The highest BCUT2D eigenvalue weighted by atomic mass is 35.5. The van der Waals surface area contributed by atoms with Gasteiger partial charge in [-0.25, -0.2) is 15.0 Å². The molecule has 0 aromatic heterocycles. The minimum Gasteiger partial charge on any atom is -0.463 e. The van der Waals surface area contributed by atoms with Crippen LogP contribution in [0, 0.1) is 5.82 Å². The van der Waals surface area contributed by atoms with Crippen LogP contribution < -0.4 is 10.9 Å². The molecule has 35 heavy (non-hydrogen) atoms. The van der Waals surface area contributed by atoms with Gasteiger partial charge in [-0.1, -0.05) is 23.7 Å². The summed E-state index contributed by atoms with van der Waals surface area (Å²) in [6.45, 7) is 5.85. The number of amides is 1. The summed E-state index contributed by atoms with van der Waals surface area (Å²) in [6, 6.07) is 9.50. The summed E-state index contributed by atoms with van der Waals surface area (Å²) < 4.78 is 17.8. The second-order valence-electron chi connectivity index (χ2n) is 9.16. The van der Waals surface area contributed by atoms with Gasteiger partial charge in [0.2, 0.25) is 5.78 Å². The summed E-state index contributed by atoms with van der Waals surface area (Å²) in [4.78, 5) is 42.0. The number of rotatable bonds is 5. The third kappa shape index (κ3) is 4.89. The molecule has 8 nitrogen and oxygen atoms in total. The average molecular weight is 503 g/mol. The predicted molar refractivity (Wildman–Crippen MR) is 130 cm³/mol. The van der Waals surface area contributed by atoms with Gasteiger partial charge in [-0.05, 0) is 49.2 Å². The van der Waals surface area contributed by atoms with Crippen LogP contribution in [-0.4, -0.2) is 66.3 Å². The molecule has 2 aromatic carbocycles. The Hall–Kier alpha value is -3.01. The predicted octanol–water partition coefficient (Wildman–Crippen LogP) is 2.73. The van der Waals surface area contributed by atoms with E-state index in [1.165, 1.54) is 17.1 Å². The van der Waals surface area contributed by atoms with E-state index in [0.717, 1.165) is 12.7 Å². The van der Waals surface area contributed by atoms with Crippen LogP contribution in [0.2, 0.25) is 5.02 Å². The van der Waals surface area contributed by atoms with Crippen molar-refractivity contribution in [1.82, 2.24) is 9.80 Å². The molecular formula is C25H28ClFN4O4. The van der Waals surface area contributed by atoms with E-state index >= 15 is 0 Å². The first-order valence-electron chi connectivity index (χ1n) is 11.4. The number of anilines is 1. The van der Waals surface area contributed by atoms with E-state index in [2.05, 4.69) is 9.64 Å². The average Bonchev–Trinajstić information content (AvgIpc) is 3.15. The Kier molecular flexibility index (Phi) is 7.12. The Labute approximate surface area is 208 Å². The van der Waals surface area contributed by atoms with Crippen molar-refractivity contribution in [2.75, 3.05) is 31.8 Å². The van der Waals surface area contributed by atoms with Gasteiger partial charge < -0.3 is 14.6 Å². The molecule has 0 saturated carbocycles. The molecule has 2 heterocycles. The number of Topliss-reactive ketones (excluding diaryl/α,β-unsaturated/α-hetero) is 1. The summed E-state index contributed by atoms with van der Waals surface area (Å²) in [5.41, 5.74) is 2.24. The molecule has 1 saturated heterocycles. The standard InChI is InChI=1S/C25H28ClFN4O4/c1-14-11-30(15(2)10-29(14)12-16-4-6-17(27)7-5-16)24(33)19-8-18-20(23(32)25(34)35-3)13-31(28)22(18)9-21(19)26/h4-9,14-15,20H,10-13,28H2,1-3H3/t14-,15+,20?/m0/s1. The quantitative estimate of drug-likeness (QED) is 0.381. The minimum atomic E-state index is -0.959. The second-order valence-corrected chi connectivity index (χ2v) is 9.57. The zero-order valence-corrected chi connectivity index (χ0v) is 20.6. The Balaban J connectivity index is 1.55. The number of esters is 1. The van der Waals surface area contributed by atoms with Gasteiger partial charge in [0.25, 0.3) is 5.91 Å². The maximum atomic E-state index is 13.6. The van der Waals surface area contributed by atoms with Crippen molar-refractivity contribution in [1.29, 1.82) is 0 Å². The summed E-state index contributed by atoms with van der Waals surface area (Å²) in [5.74, 6) is 2.98. The van der Waals surface area contributed by atoms with Crippen molar-refractivity contribution in [3.63, 3.8) is 0 Å². The molecule has 1 fully saturated rings. The fraction of sp³-hybridized carbons (Fsp3) is 0.400. The maximum Gasteiger partial charge on any atom is 0.375 e. The van der Waals surface area contributed by atoms with Crippen LogP contribution in [0.25, 0.3) is 0 Å². The number of piperazine rings is 1. The first-order valence-corrected chi connectivity index (χ1v) is 11.8. The molecular weight excluding hydrogens is 475 g/mol. The van der Waals surface area contributed by atoms with E-state index < -0.39 is 17.7 Å². The molecule has 3 atom stereocenters. The number of hydrogen-bond donors (Lipinski definition) is 1. The smallest absolute Gasteiger partial charge is 0.375 e. The third-order valence-corrected chi connectivity index (χ3v) is 7.10. The van der Waals surface area contributed by atoms with Crippen LogP contribution in [0.4, 0.5) is 10.1 Å². The van der Waals surface area contributed by atoms with Crippen molar-refractivity contribution in [2.45, 2.75) is 38.4 Å². The topological polar surface area (TPSA) is 96.2 Å². The summed E-state index contributed by atoms with van der Waals surface area (Å²) in [7, 11) is 1.14. The van der Waals surface area contributed by atoms with Crippen molar-refractivity contribution in [2.24, 2.45) is 5.84 Å². The zero-order valence-electron chi connectivity index (χ0n) is 19.8. The van der Waals surface area contributed by atoms with E-state index in [-0.39, 0.29) is 40.9 Å². The molecule has 2 aromatic rings.